The summed E-state index contributed by atoms with van der Waals surface area (Å²) in [5.41, 5.74) is 1.22. The van der Waals surface area contributed by atoms with E-state index < -0.39 is 0 Å². The summed E-state index contributed by atoms with van der Waals surface area (Å²) < 4.78 is 8.97. The number of aromatic nitrogens is 2. The fraction of sp³-hybridized carbons (Fsp3) is 0.0588. The second-order valence-corrected chi connectivity index (χ2v) is 5.50. The van der Waals surface area contributed by atoms with Crippen LogP contribution in [-0.2, 0) is 6.54 Å². The number of rotatable bonds is 4. The molecule has 1 heterocycles. The van der Waals surface area contributed by atoms with Gasteiger partial charge in [0, 0.05) is 10.0 Å². The SMILES string of the molecule is Brc1ccc(Oc2cncc[n+]2Cc2ccccc2)cc1. The van der Waals surface area contributed by atoms with Gasteiger partial charge in [0.1, 0.15) is 11.9 Å². The van der Waals surface area contributed by atoms with Crippen molar-refractivity contribution in [3.05, 3.63) is 83.2 Å². The Hall–Kier alpha value is -2.20. The van der Waals surface area contributed by atoms with E-state index in [1.54, 1.807) is 12.4 Å². The molecular formula is C17H14BrN2O+. The zero-order chi connectivity index (χ0) is 14.5. The molecule has 0 aliphatic carbocycles. The normalized spacial score (nSPS) is 10.3. The fourth-order valence-electron chi connectivity index (χ4n) is 1.99. The number of ether oxygens (including phenoxy) is 1. The van der Waals surface area contributed by atoms with Crippen molar-refractivity contribution in [2.75, 3.05) is 0 Å². The van der Waals surface area contributed by atoms with Gasteiger partial charge in [0.05, 0.1) is 6.20 Å². The molecular weight excluding hydrogens is 328 g/mol. The van der Waals surface area contributed by atoms with Crippen LogP contribution in [0.25, 0.3) is 0 Å². The van der Waals surface area contributed by atoms with Gasteiger partial charge in [0.25, 0.3) is 0 Å². The van der Waals surface area contributed by atoms with Gasteiger partial charge < -0.3 is 4.74 Å². The maximum Gasteiger partial charge on any atom is 0.392 e. The van der Waals surface area contributed by atoms with Crippen LogP contribution in [0.3, 0.4) is 0 Å². The van der Waals surface area contributed by atoms with Gasteiger partial charge in [-0.3, -0.25) is 0 Å². The van der Waals surface area contributed by atoms with Gasteiger partial charge in [0.15, 0.2) is 12.7 Å². The lowest BCUT2D eigenvalue weighted by atomic mass is 10.2. The average molecular weight is 342 g/mol. The largest absolute Gasteiger partial charge is 0.404 e. The zero-order valence-electron chi connectivity index (χ0n) is 11.3. The Bertz CT molecular complexity index is 714. The molecule has 0 spiro atoms. The Morgan fingerprint density at radius 1 is 1.00 bits per heavy atom. The molecule has 0 saturated heterocycles. The van der Waals surface area contributed by atoms with Gasteiger partial charge >= 0.3 is 5.88 Å². The summed E-state index contributed by atoms with van der Waals surface area (Å²) in [7, 11) is 0. The Kier molecular flexibility index (Phi) is 4.26. The second kappa shape index (κ2) is 6.50. The molecule has 0 fully saturated rings. The molecule has 0 atom stereocenters. The van der Waals surface area contributed by atoms with Gasteiger partial charge in [-0.2, -0.15) is 4.57 Å². The van der Waals surface area contributed by atoms with Gasteiger partial charge in [-0.05, 0) is 24.3 Å². The third kappa shape index (κ3) is 3.67. The maximum atomic E-state index is 5.92. The lowest BCUT2D eigenvalue weighted by molar-refractivity contribution is -0.692. The lowest BCUT2D eigenvalue weighted by Crippen LogP contribution is -2.35. The van der Waals surface area contributed by atoms with Crippen LogP contribution in [0.5, 0.6) is 11.6 Å². The highest BCUT2D eigenvalue weighted by molar-refractivity contribution is 9.10. The molecule has 0 radical (unpaired) electrons. The highest BCUT2D eigenvalue weighted by atomic mass is 79.9. The molecule has 0 aliphatic heterocycles. The molecule has 0 amide bonds. The van der Waals surface area contributed by atoms with Crippen molar-refractivity contribution in [2.24, 2.45) is 0 Å². The molecule has 0 unspecified atom stereocenters. The van der Waals surface area contributed by atoms with E-state index in [9.17, 15) is 0 Å². The van der Waals surface area contributed by atoms with Crippen molar-refractivity contribution in [3.8, 4) is 11.6 Å². The molecule has 1 aromatic heterocycles. The summed E-state index contributed by atoms with van der Waals surface area (Å²) in [6, 6.07) is 18.0. The third-order valence-electron chi connectivity index (χ3n) is 3.03. The summed E-state index contributed by atoms with van der Waals surface area (Å²) in [6.45, 7) is 0.745. The van der Waals surface area contributed by atoms with Crippen LogP contribution >= 0.6 is 15.9 Å². The molecule has 3 nitrogen and oxygen atoms in total. The predicted molar refractivity (Wildman–Crippen MR) is 84.2 cm³/mol. The minimum atomic E-state index is 0.712. The summed E-state index contributed by atoms with van der Waals surface area (Å²) in [6.07, 6.45) is 5.41. The maximum absolute atomic E-state index is 5.92. The zero-order valence-corrected chi connectivity index (χ0v) is 12.9. The molecule has 0 aliphatic rings. The van der Waals surface area contributed by atoms with Crippen LogP contribution in [0.2, 0.25) is 0 Å². The van der Waals surface area contributed by atoms with Crippen molar-refractivity contribution >= 4 is 15.9 Å². The van der Waals surface area contributed by atoms with Crippen LogP contribution < -0.4 is 9.30 Å². The summed E-state index contributed by atoms with van der Waals surface area (Å²) in [5, 5.41) is 0. The highest BCUT2D eigenvalue weighted by Crippen LogP contribution is 2.20. The standard InChI is InChI=1S/C17H14BrN2O/c18-15-6-8-16(9-7-15)21-17-12-19-10-11-20(17)13-14-4-2-1-3-5-14/h1-12H,13H2/q+1. The van der Waals surface area contributed by atoms with E-state index in [1.807, 2.05) is 53.2 Å². The molecule has 4 heteroatoms. The Labute approximate surface area is 132 Å². The Balaban J connectivity index is 1.84. The summed E-state index contributed by atoms with van der Waals surface area (Å²) in [4.78, 5) is 4.15. The predicted octanol–water partition coefficient (Wildman–Crippen LogP) is 3.97. The van der Waals surface area contributed by atoms with Crippen LogP contribution in [0.1, 0.15) is 5.56 Å². The van der Waals surface area contributed by atoms with Gasteiger partial charge in [-0.1, -0.05) is 46.3 Å². The smallest absolute Gasteiger partial charge is 0.392 e. The van der Waals surface area contributed by atoms with E-state index in [0.29, 0.717) is 5.88 Å². The number of hydrogen-bond donors (Lipinski definition) is 0. The lowest BCUT2D eigenvalue weighted by Gasteiger charge is -2.05. The van der Waals surface area contributed by atoms with Gasteiger partial charge in [-0.25, -0.2) is 4.98 Å². The van der Waals surface area contributed by atoms with E-state index in [4.69, 9.17) is 4.74 Å². The number of benzene rings is 2. The molecule has 104 valence electrons. The number of halogens is 1. The molecule has 21 heavy (non-hydrogen) atoms. The van der Waals surface area contributed by atoms with Gasteiger partial charge in [0.2, 0.25) is 0 Å². The summed E-state index contributed by atoms with van der Waals surface area (Å²) in [5.74, 6) is 1.50. The quantitative estimate of drug-likeness (QED) is 0.671. The van der Waals surface area contributed by atoms with Crippen molar-refractivity contribution in [3.63, 3.8) is 0 Å². The van der Waals surface area contributed by atoms with E-state index in [0.717, 1.165) is 16.8 Å². The van der Waals surface area contributed by atoms with Crippen molar-refractivity contribution in [1.29, 1.82) is 0 Å². The van der Waals surface area contributed by atoms with Crippen LogP contribution in [0, 0.1) is 0 Å². The van der Waals surface area contributed by atoms with Crippen molar-refractivity contribution in [1.82, 2.24) is 4.98 Å². The average Bonchev–Trinajstić information content (AvgIpc) is 2.52. The third-order valence-corrected chi connectivity index (χ3v) is 3.56. The first kappa shape index (κ1) is 13.8. The van der Waals surface area contributed by atoms with Crippen molar-refractivity contribution in [2.45, 2.75) is 6.54 Å². The van der Waals surface area contributed by atoms with Crippen LogP contribution in [0.15, 0.2) is 77.7 Å². The Morgan fingerprint density at radius 2 is 1.76 bits per heavy atom. The van der Waals surface area contributed by atoms with Crippen LogP contribution in [0.4, 0.5) is 0 Å². The molecule has 2 aromatic carbocycles. The first-order valence-electron chi connectivity index (χ1n) is 6.62. The molecule has 0 saturated carbocycles. The first-order valence-corrected chi connectivity index (χ1v) is 7.41. The first-order chi connectivity index (χ1) is 10.3. The van der Waals surface area contributed by atoms with E-state index >= 15 is 0 Å². The number of hydrogen-bond acceptors (Lipinski definition) is 2. The Morgan fingerprint density at radius 3 is 2.52 bits per heavy atom. The molecule has 0 N–H and O–H groups in total. The fourth-order valence-corrected chi connectivity index (χ4v) is 2.26. The van der Waals surface area contributed by atoms with Crippen LogP contribution in [-0.4, -0.2) is 4.98 Å². The highest BCUT2D eigenvalue weighted by Gasteiger charge is 2.13. The van der Waals surface area contributed by atoms with E-state index in [1.165, 1.54) is 5.56 Å². The molecule has 0 bridgehead atoms. The summed E-state index contributed by atoms with van der Waals surface area (Å²) >= 11 is 3.42. The van der Waals surface area contributed by atoms with E-state index in [-0.39, 0.29) is 0 Å². The molecule has 3 rings (SSSR count). The number of nitrogens with zero attached hydrogens (tertiary/aromatic N) is 2. The minimum absolute atomic E-state index is 0.712. The minimum Gasteiger partial charge on any atom is -0.404 e. The molecule has 3 aromatic rings. The second-order valence-electron chi connectivity index (χ2n) is 4.58. The monoisotopic (exact) mass is 341 g/mol. The van der Waals surface area contributed by atoms with Gasteiger partial charge in [-0.15, -0.1) is 0 Å². The van der Waals surface area contributed by atoms with Crippen molar-refractivity contribution < 1.29 is 9.30 Å². The van der Waals surface area contributed by atoms with E-state index in [2.05, 4.69) is 33.0 Å². The topological polar surface area (TPSA) is 26.0 Å².